The minimum atomic E-state index is -1.37. The Morgan fingerprint density at radius 3 is 2.62 bits per heavy atom. The van der Waals surface area contributed by atoms with Crippen LogP contribution >= 0.6 is 11.6 Å². The first-order valence-corrected chi connectivity index (χ1v) is 3.69. The Morgan fingerprint density at radius 2 is 2.15 bits per heavy atom. The van der Waals surface area contributed by atoms with Crippen LogP contribution < -0.4 is 34.7 Å². The maximum atomic E-state index is 10.3. The van der Waals surface area contributed by atoms with Gasteiger partial charge in [0.15, 0.2) is 0 Å². The first-order chi connectivity index (χ1) is 5.61. The zero-order valence-electron chi connectivity index (χ0n) is 7.03. The van der Waals surface area contributed by atoms with Gasteiger partial charge < -0.3 is 15.0 Å². The van der Waals surface area contributed by atoms with E-state index in [1.807, 2.05) is 0 Å². The Bertz CT molecular complexity index is 303. The Morgan fingerprint density at radius 1 is 1.54 bits per heavy atom. The Labute approximate surface area is 103 Å². The molecule has 0 fully saturated rings. The zero-order valence-corrected chi connectivity index (χ0v) is 9.78. The topological polar surface area (TPSA) is 60.4 Å². The smallest absolute Gasteiger partial charge is 0.548 e. The van der Waals surface area contributed by atoms with Crippen molar-refractivity contribution in [1.82, 2.24) is 0 Å². The predicted molar refractivity (Wildman–Crippen MR) is 41.7 cm³/mol. The largest absolute Gasteiger partial charge is 1.00 e. The van der Waals surface area contributed by atoms with Crippen LogP contribution in [0, 0.1) is 0 Å². The van der Waals surface area contributed by atoms with Crippen LogP contribution in [0.25, 0.3) is 0 Å². The molecule has 0 aliphatic heterocycles. The second-order valence-electron chi connectivity index (χ2n) is 2.28. The molecule has 1 unspecified atom stereocenters. The van der Waals surface area contributed by atoms with Crippen molar-refractivity contribution >= 4 is 17.6 Å². The molecule has 0 saturated heterocycles. The van der Waals surface area contributed by atoms with E-state index >= 15 is 0 Å². The minimum Gasteiger partial charge on any atom is -0.548 e. The van der Waals surface area contributed by atoms with Gasteiger partial charge in [-0.2, -0.15) is 0 Å². The van der Waals surface area contributed by atoms with Gasteiger partial charge in [-0.3, -0.25) is 0 Å². The van der Waals surface area contributed by atoms with E-state index in [1.165, 1.54) is 24.3 Å². The first-order valence-electron chi connectivity index (χ1n) is 3.25. The summed E-state index contributed by atoms with van der Waals surface area (Å²) in [5.41, 5.74) is 0.316. The third-order valence-electron chi connectivity index (χ3n) is 1.37. The van der Waals surface area contributed by atoms with E-state index < -0.39 is 11.3 Å². The molecule has 1 aromatic rings. The predicted octanol–water partition coefficient (Wildman–Crippen LogP) is -2.57. The van der Waals surface area contributed by atoms with Crippen molar-refractivity contribution in [1.29, 1.82) is 0 Å². The standard InChI is InChI=1S/C8H7ClO3.Na/c9-7(8(11)12)5-2-1-3-6(10)4-5;/h1-4,7,10H,(H,11,12);/q;+1/p-1. The number of rotatable bonds is 2. The van der Waals surface area contributed by atoms with Gasteiger partial charge in [-0.05, 0) is 17.7 Å². The summed E-state index contributed by atoms with van der Waals surface area (Å²) in [6, 6.07) is 5.74. The van der Waals surface area contributed by atoms with Crippen LogP contribution in [0.3, 0.4) is 0 Å². The third-order valence-corrected chi connectivity index (χ3v) is 1.80. The van der Waals surface area contributed by atoms with Crippen LogP contribution in [-0.2, 0) is 4.79 Å². The number of carboxylic acid groups (broad SMARTS) is 1. The molecule has 0 radical (unpaired) electrons. The molecule has 0 amide bonds. The van der Waals surface area contributed by atoms with Gasteiger partial charge in [0.25, 0.3) is 0 Å². The van der Waals surface area contributed by atoms with Gasteiger partial charge in [-0.15, -0.1) is 11.6 Å². The normalized spacial score (nSPS) is 11.5. The monoisotopic (exact) mass is 208 g/mol. The van der Waals surface area contributed by atoms with Crippen LogP contribution in [0.15, 0.2) is 24.3 Å². The minimum absolute atomic E-state index is 0. The number of hydrogen-bond acceptors (Lipinski definition) is 3. The van der Waals surface area contributed by atoms with Gasteiger partial charge in [-0.1, -0.05) is 12.1 Å². The van der Waals surface area contributed by atoms with Crippen LogP contribution in [0.1, 0.15) is 10.9 Å². The summed E-state index contributed by atoms with van der Waals surface area (Å²) in [5.74, 6) is -1.39. The Balaban J connectivity index is 0.00000144. The van der Waals surface area contributed by atoms with E-state index in [0.717, 1.165) is 0 Å². The van der Waals surface area contributed by atoms with E-state index in [4.69, 9.17) is 16.7 Å². The fourth-order valence-corrected chi connectivity index (χ4v) is 0.954. The molecule has 0 spiro atoms. The van der Waals surface area contributed by atoms with Crippen molar-refractivity contribution in [3.63, 3.8) is 0 Å². The molecule has 0 heterocycles. The average Bonchev–Trinajstić information content (AvgIpc) is 2.03. The van der Waals surface area contributed by atoms with Crippen molar-refractivity contribution in [3.05, 3.63) is 29.8 Å². The zero-order chi connectivity index (χ0) is 9.14. The maximum Gasteiger partial charge on any atom is 1.00 e. The van der Waals surface area contributed by atoms with Gasteiger partial charge in [0.05, 0.1) is 11.3 Å². The molecular weight excluding hydrogens is 203 g/mol. The number of halogens is 1. The number of carboxylic acids is 1. The molecule has 1 aromatic carbocycles. The summed E-state index contributed by atoms with van der Waals surface area (Å²) in [6.45, 7) is 0. The van der Waals surface area contributed by atoms with E-state index in [-0.39, 0.29) is 35.3 Å². The second-order valence-corrected chi connectivity index (χ2v) is 2.71. The second kappa shape index (κ2) is 5.50. The van der Waals surface area contributed by atoms with Gasteiger partial charge >= 0.3 is 29.6 Å². The van der Waals surface area contributed by atoms with Gasteiger partial charge in [0.2, 0.25) is 0 Å². The summed E-state index contributed by atoms with van der Waals surface area (Å²) in [6.07, 6.45) is 0. The molecule has 0 aliphatic carbocycles. The molecule has 1 rings (SSSR count). The van der Waals surface area contributed by atoms with E-state index in [1.54, 1.807) is 0 Å². The number of carbonyl (C=O) groups excluding carboxylic acids is 1. The van der Waals surface area contributed by atoms with Crippen molar-refractivity contribution in [3.8, 4) is 5.75 Å². The van der Waals surface area contributed by atoms with Crippen molar-refractivity contribution in [2.45, 2.75) is 5.38 Å². The Hall–Kier alpha value is -0.220. The maximum absolute atomic E-state index is 10.3. The summed E-state index contributed by atoms with van der Waals surface area (Å²) in [4.78, 5) is 10.3. The molecular formula is C8H6ClNaO3. The fourth-order valence-electron chi connectivity index (χ4n) is 0.819. The quantitative estimate of drug-likeness (QED) is 0.429. The van der Waals surface area contributed by atoms with Crippen molar-refractivity contribution < 1.29 is 44.6 Å². The first kappa shape index (κ1) is 12.8. The molecule has 13 heavy (non-hydrogen) atoms. The summed E-state index contributed by atoms with van der Waals surface area (Å²) >= 11 is 5.44. The number of phenolic OH excluding ortho intramolecular Hbond substituents is 1. The van der Waals surface area contributed by atoms with Gasteiger partial charge in [-0.25, -0.2) is 0 Å². The molecule has 1 atom stereocenters. The van der Waals surface area contributed by atoms with Crippen LogP contribution in [0.2, 0.25) is 0 Å². The van der Waals surface area contributed by atoms with Gasteiger partial charge in [0, 0.05) is 0 Å². The number of carbonyl (C=O) groups is 1. The molecule has 0 saturated carbocycles. The summed E-state index contributed by atoms with van der Waals surface area (Å²) < 4.78 is 0. The number of aliphatic carboxylic acids is 1. The van der Waals surface area contributed by atoms with Crippen LogP contribution in [-0.4, -0.2) is 11.1 Å². The number of benzene rings is 1. The van der Waals surface area contributed by atoms with Crippen molar-refractivity contribution in [2.75, 3.05) is 0 Å². The number of hydrogen-bond donors (Lipinski definition) is 1. The molecule has 64 valence electrons. The van der Waals surface area contributed by atoms with Crippen molar-refractivity contribution in [2.24, 2.45) is 0 Å². The van der Waals surface area contributed by atoms with E-state index in [9.17, 15) is 9.90 Å². The fraction of sp³-hybridized carbons (Fsp3) is 0.125. The van der Waals surface area contributed by atoms with Crippen LogP contribution in [0.4, 0.5) is 0 Å². The average molecular weight is 209 g/mol. The molecule has 0 aromatic heterocycles. The van der Waals surface area contributed by atoms with E-state index in [2.05, 4.69) is 0 Å². The number of alkyl halides is 1. The summed E-state index contributed by atoms with van der Waals surface area (Å²) in [7, 11) is 0. The molecule has 3 nitrogen and oxygen atoms in total. The number of aromatic hydroxyl groups is 1. The van der Waals surface area contributed by atoms with Crippen LogP contribution in [0.5, 0.6) is 5.75 Å². The SMILES string of the molecule is O=C([O-])C(Cl)c1cccc(O)c1.[Na+]. The molecule has 0 aliphatic rings. The summed E-state index contributed by atoms with van der Waals surface area (Å²) in [5, 5.41) is 18.0. The van der Waals surface area contributed by atoms with Gasteiger partial charge in [0.1, 0.15) is 5.75 Å². The number of phenols is 1. The third kappa shape index (κ3) is 3.56. The Kier molecular flexibility index (Phi) is 5.40. The molecule has 0 bridgehead atoms. The van der Waals surface area contributed by atoms with E-state index in [0.29, 0.717) is 5.56 Å². The molecule has 5 heteroatoms. The molecule has 1 N–H and O–H groups in total.